The van der Waals surface area contributed by atoms with Crippen molar-refractivity contribution in [3.05, 3.63) is 34.9 Å². The summed E-state index contributed by atoms with van der Waals surface area (Å²) in [4.78, 5) is 2.67. The van der Waals surface area contributed by atoms with Crippen molar-refractivity contribution >= 4 is 11.6 Å². The Hall–Kier alpha value is -0.570. The SMILES string of the molecule is C[C@H](NC1CCN2CCCC2C1)c1cccc(Cl)c1. The first kappa shape index (κ1) is 13.4. The molecule has 2 nitrogen and oxygen atoms in total. The minimum Gasteiger partial charge on any atom is -0.307 e. The van der Waals surface area contributed by atoms with Crippen LogP contribution in [0.2, 0.25) is 5.02 Å². The van der Waals surface area contributed by atoms with Gasteiger partial charge < -0.3 is 10.2 Å². The fourth-order valence-corrected chi connectivity index (χ4v) is 3.80. The Kier molecular flexibility index (Phi) is 4.11. The number of nitrogens with one attached hydrogen (secondary N) is 1. The minimum atomic E-state index is 0.386. The Morgan fingerprint density at radius 3 is 3.05 bits per heavy atom. The first-order valence-corrected chi connectivity index (χ1v) is 7.86. The van der Waals surface area contributed by atoms with E-state index in [4.69, 9.17) is 11.6 Å². The van der Waals surface area contributed by atoms with Crippen LogP contribution in [0.3, 0.4) is 0 Å². The second-order valence-corrected chi connectivity index (χ2v) is 6.43. The van der Waals surface area contributed by atoms with Crippen molar-refractivity contribution < 1.29 is 0 Å². The molecule has 1 aromatic rings. The molecule has 2 saturated heterocycles. The summed E-state index contributed by atoms with van der Waals surface area (Å²) in [6.45, 7) is 4.83. The Morgan fingerprint density at radius 1 is 1.32 bits per heavy atom. The van der Waals surface area contributed by atoms with Crippen LogP contribution in [-0.4, -0.2) is 30.1 Å². The molecular formula is C16H23ClN2. The lowest BCUT2D eigenvalue weighted by atomic mass is 9.96. The van der Waals surface area contributed by atoms with Gasteiger partial charge in [-0.15, -0.1) is 0 Å². The standard InChI is InChI=1S/C16H23ClN2/c1-12(13-4-2-5-14(17)10-13)18-15-7-9-19-8-3-6-16(19)11-15/h2,4-5,10,12,15-16,18H,3,6-9,11H2,1H3/t12-,15?,16?/m0/s1. The summed E-state index contributed by atoms with van der Waals surface area (Å²) < 4.78 is 0. The Labute approximate surface area is 121 Å². The van der Waals surface area contributed by atoms with Gasteiger partial charge in [0.15, 0.2) is 0 Å². The van der Waals surface area contributed by atoms with Gasteiger partial charge in [-0.3, -0.25) is 0 Å². The van der Waals surface area contributed by atoms with Crippen molar-refractivity contribution in [2.75, 3.05) is 13.1 Å². The van der Waals surface area contributed by atoms with Gasteiger partial charge in [0.1, 0.15) is 0 Å². The fraction of sp³-hybridized carbons (Fsp3) is 0.625. The third kappa shape index (κ3) is 3.13. The van der Waals surface area contributed by atoms with Crippen LogP contribution in [0.1, 0.15) is 44.2 Å². The molecule has 2 heterocycles. The molecular weight excluding hydrogens is 256 g/mol. The summed E-state index contributed by atoms with van der Waals surface area (Å²) in [5.74, 6) is 0. The van der Waals surface area contributed by atoms with Crippen LogP contribution in [0, 0.1) is 0 Å². The molecule has 0 radical (unpaired) electrons. The van der Waals surface area contributed by atoms with Crippen LogP contribution in [0.25, 0.3) is 0 Å². The van der Waals surface area contributed by atoms with Gasteiger partial charge in [0.25, 0.3) is 0 Å². The lowest BCUT2D eigenvalue weighted by molar-refractivity contribution is 0.162. The Balaban J connectivity index is 1.59. The van der Waals surface area contributed by atoms with Gasteiger partial charge in [0.05, 0.1) is 0 Å². The first-order chi connectivity index (χ1) is 9.22. The van der Waals surface area contributed by atoms with Crippen molar-refractivity contribution in [1.82, 2.24) is 10.2 Å². The van der Waals surface area contributed by atoms with Crippen LogP contribution < -0.4 is 5.32 Å². The fourth-order valence-electron chi connectivity index (χ4n) is 3.60. The summed E-state index contributed by atoms with van der Waals surface area (Å²) in [5.41, 5.74) is 1.29. The third-order valence-corrected chi connectivity index (χ3v) is 4.89. The molecule has 3 heteroatoms. The highest BCUT2D eigenvalue weighted by atomic mass is 35.5. The number of hydrogen-bond donors (Lipinski definition) is 1. The lowest BCUT2D eigenvalue weighted by Gasteiger charge is -2.36. The Morgan fingerprint density at radius 2 is 2.21 bits per heavy atom. The number of rotatable bonds is 3. The van der Waals surface area contributed by atoms with Crippen molar-refractivity contribution in [3.8, 4) is 0 Å². The smallest absolute Gasteiger partial charge is 0.0409 e. The second kappa shape index (κ2) is 5.82. The van der Waals surface area contributed by atoms with Gasteiger partial charge in [-0.2, -0.15) is 0 Å². The molecule has 2 unspecified atom stereocenters. The molecule has 0 spiro atoms. The quantitative estimate of drug-likeness (QED) is 0.909. The topological polar surface area (TPSA) is 15.3 Å². The third-order valence-electron chi connectivity index (χ3n) is 4.65. The van der Waals surface area contributed by atoms with E-state index in [0.29, 0.717) is 12.1 Å². The maximum absolute atomic E-state index is 6.07. The lowest BCUT2D eigenvalue weighted by Crippen LogP contribution is -2.46. The van der Waals surface area contributed by atoms with E-state index in [-0.39, 0.29) is 0 Å². The van der Waals surface area contributed by atoms with Gasteiger partial charge in [0, 0.05) is 23.1 Å². The molecule has 3 rings (SSSR count). The molecule has 0 aliphatic carbocycles. The molecule has 0 bridgehead atoms. The van der Waals surface area contributed by atoms with E-state index in [1.54, 1.807) is 0 Å². The van der Waals surface area contributed by atoms with Gasteiger partial charge in [-0.25, -0.2) is 0 Å². The van der Waals surface area contributed by atoms with Crippen LogP contribution in [0.15, 0.2) is 24.3 Å². The molecule has 0 aromatic heterocycles. The molecule has 104 valence electrons. The number of benzene rings is 1. The van der Waals surface area contributed by atoms with Gasteiger partial charge >= 0.3 is 0 Å². The highest BCUT2D eigenvalue weighted by Gasteiger charge is 2.31. The van der Waals surface area contributed by atoms with Crippen molar-refractivity contribution in [3.63, 3.8) is 0 Å². The van der Waals surface area contributed by atoms with E-state index in [9.17, 15) is 0 Å². The normalized spacial score (nSPS) is 29.2. The zero-order chi connectivity index (χ0) is 13.2. The average molecular weight is 279 g/mol. The second-order valence-electron chi connectivity index (χ2n) is 6.00. The number of piperidine rings is 1. The zero-order valence-electron chi connectivity index (χ0n) is 11.6. The monoisotopic (exact) mass is 278 g/mol. The van der Waals surface area contributed by atoms with E-state index < -0.39 is 0 Å². The largest absolute Gasteiger partial charge is 0.307 e. The molecule has 1 N–H and O–H groups in total. The first-order valence-electron chi connectivity index (χ1n) is 7.48. The van der Waals surface area contributed by atoms with Crippen LogP contribution in [0.5, 0.6) is 0 Å². The van der Waals surface area contributed by atoms with Gasteiger partial charge in [-0.05, 0) is 63.4 Å². The molecule has 2 aliphatic heterocycles. The predicted octanol–water partition coefficient (Wildman–Crippen LogP) is 3.62. The molecule has 2 aliphatic rings. The van der Waals surface area contributed by atoms with Crippen LogP contribution in [-0.2, 0) is 0 Å². The zero-order valence-corrected chi connectivity index (χ0v) is 12.4. The summed E-state index contributed by atoms with van der Waals surface area (Å²) in [6.07, 6.45) is 5.37. The van der Waals surface area contributed by atoms with Crippen molar-refractivity contribution in [2.45, 2.75) is 50.7 Å². The molecule has 0 saturated carbocycles. The number of hydrogen-bond acceptors (Lipinski definition) is 2. The molecule has 1 aromatic carbocycles. The minimum absolute atomic E-state index is 0.386. The van der Waals surface area contributed by atoms with Crippen molar-refractivity contribution in [1.29, 1.82) is 0 Å². The molecule has 3 atom stereocenters. The summed E-state index contributed by atoms with van der Waals surface area (Å²) in [6, 6.07) is 10.1. The predicted molar refractivity (Wildman–Crippen MR) is 80.6 cm³/mol. The number of fused-ring (bicyclic) bond motifs is 1. The molecule has 0 amide bonds. The van der Waals surface area contributed by atoms with Crippen LogP contribution >= 0.6 is 11.6 Å². The van der Waals surface area contributed by atoms with E-state index in [1.807, 2.05) is 12.1 Å². The summed E-state index contributed by atoms with van der Waals surface area (Å²) in [7, 11) is 0. The Bertz CT molecular complexity index is 435. The highest BCUT2D eigenvalue weighted by molar-refractivity contribution is 6.30. The maximum atomic E-state index is 6.07. The van der Waals surface area contributed by atoms with E-state index >= 15 is 0 Å². The van der Waals surface area contributed by atoms with E-state index in [0.717, 1.165) is 11.1 Å². The molecule has 2 fully saturated rings. The molecule has 19 heavy (non-hydrogen) atoms. The average Bonchev–Trinajstić information content (AvgIpc) is 2.86. The maximum Gasteiger partial charge on any atom is 0.0409 e. The number of halogens is 1. The number of nitrogens with zero attached hydrogens (tertiary/aromatic N) is 1. The van der Waals surface area contributed by atoms with E-state index in [1.165, 1.54) is 44.3 Å². The van der Waals surface area contributed by atoms with Crippen molar-refractivity contribution in [2.24, 2.45) is 0 Å². The van der Waals surface area contributed by atoms with Gasteiger partial charge in [0.2, 0.25) is 0 Å². The van der Waals surface area contributed by atoms with Crippen LogP contribution in [0.4, 0.5) is 0 Å². The summed E-state index contributed by atoms with van der Waals surface area (Å²) >= 11 is 6.07. The van der Waals surface area contributed by atoms with E-state index in [2.05, 4.69) is 29.3 Å². The highest BCUT2D eigenvalue weighted by Crippen LogP contribution is 2.28. The van der Waals surface area contributed by atoms with Gasteiger partial charge in [-0.1, -0.05) is 23.7 Å². The summed E-state index contributed by atoms with van der Waals surface area (Å²) in [5, 5.41) is 4.62.